The predicted octanol–water partition coefficient (Wildman–Crippen LogP) is -0.000000000000000389. The number of allylic oxidation sites excluding steroid dienone is 2. The number of rotatable bonds is 2. The van der Waals surface area contributed by atoms with Crippen molar-refractivity contribution in [2.45, 2.75) is 12.5 Å². The predicted molar refractivity (Wildman–Crippen MR) is 73.3 cm³/mol. The van der Waals surface area contributed by atoms with Crippen molar-refractivity contribution in [1.29, 1.82) is 0 Å². The summed E-state index contributed by atoms with van der Waals surface area (Å²) in [5, 5.41) is 16.0. The molecule has 3 aliphatic rings. The highest BCUT2D eigenvalue weighted by Crippen LogP contribution is 2.35. The number of aliphatic carboxylic acids is 1. The Labute approximate surface area is 115 Å². The Morgan fingerprint density at radius 2 is 2.35 bits per heavy atom. The third-order valence-electron chi connectivity index (χ3n) is 3.81. The van der Waals surface area contributed by atoms with E-state index in [2.05, 4.69) is 15.8 Å². The number of carbonyl (C=O) groups is 2. The van der Waals surface area contributed by atoms with Crippen LogP contribution in [0.1, 0.15) is 6.42 Å². The minimum Gasteiger partial charge on any atom is -0.478 e. The van der Waals surface area contributed by atoms with Gasteiger partial charge < -0.3 is 10.4 Å². The van der Waals surface area contributed by atoms with Crippen LogP contribution in [0.3, 0.4) is 0 Å². The van der Waals surface area contributed by atoms with Crippen LogP contribution in [-0.2, 0) is 9.59 Å². The highest BCUT2D eigenvalue weighted by atomic mass is 16.4. The molecule has 0 bridgehead atoms. The summed E-state index contributed by atoms with van der Waals surface area (Å²) >= 11 is 0. The Bertz CT molecular complexity index is 586. The Kier molecular flexibility index (Phi) is 3.23. The lowest BCUT2D eigenvalue weighted by atomic mass is 9.93. The number of Topliss-reactive ketones (excluding diaryl/α,β-unsaturated/α-hetero) is 1. The van der Waals surface area contributed by atoms with Crippen LogP contribution in [0, 0.1) is 5.92 Å². The Morgan fingerprint density at radius 3 is 3.15 bits per heavy atom. The van der Waals surface area contributed by atoms with E-state index in [1.165, 1.54) is 12.3 Å². The van der Waals surface area contributed by atoms with Gasteiger partial charge in [0.05, 0.1) is 6.21 Å². The van der Waals surface area contributed by atoms with E-state index in [1.807, 2.05) is 6.08 Å². The highest BCUT2D eigenvalue weighted by Gasteiger charge is 2.41. The van der Waals surface area contributed by atoms with E-state index in [0.29, 0.717) is 12.1 Å². The van der Waals surface area contributed by atoms with E-state index in [4.69, 9.17) is 5.11 Å². The molecule has 2 atom stereocenters. The molecule has 2 heterocycles. The lowest BCUT2D eigenvalue weighted by molar-refractivity contribution is -0.131. The number of hydrazone groups is 1. The number of nitrogens with zero attached hydrogens (tertiary/aromatic N) is 1. The van der Waals surface area contributed by atoms with Crippen molar-refractivity contribution in [3.63, 3.8) is 0 Å². The maximum atomic E-state index is 12.4. The molecule has 0 amide bonds. The van der Waals surface area contributed by atoms with Crippen molar-refractivity contribution in [3.05, 3.63) is 34.9 Å². The number of hydrogen-bond acceptors (Lipinski definition) is 5. The quantitative estimate of drug-likeness (QED) is 0.616. The Morgan fingerprint density at radius 1 is 1.50 bits per heavy atom. The van der Waals surface area contributed by atoms with Gasteiger partial charge >= 0.3 is 5.97 Å². The number of carboxylic acids is 1. The molecular weight excluding hydrogens is 258 g/mol. The molecule has 0 aromatic rings. The van der Waals surface area contributed by atoms with E-state index >= 15 is 0 Å². The van der Waals surface area contributed by atoms with Gasteiger partial charge in [-0.15, -0.1) is 0 Å². The monoisotopic (exact) mass is 273 g/mol. The average molecular weight is 273 g/mol. The standard InChI is InChI=1S/C14H15N3O3/c18-12(19)2-1-8-5-10-11-7-15-4-3-9(11)14(20)13(10)17-16-6-8/h1-2,5-6,9,13,15,17H,3-4,7H2,(H,18,19)/b2-1+/t9?,13-/m1/s1. The first-order chi connectivity index (χ1) is 9.66. The fraction of sp³-hybridized carbons (Fsp3) is 0.357. The van der Waals surface area contributed by atoms with Crippen molar-refractivity contribution in [3.8, 4) is 0 Å². The topological polar surface area (TPSA) is 90.8 Å². The first-order valence-electron chi connectivity index (χ1n) is 6.55. The number of nitrogens with one attached hydrogen (secondary N) is 2. The number of ketones is 1. The minimum absolute atomic E-state index is 0.0296. The van der Waals surface area contributed by atoms with Crippen molar-refractivity contribution >= 4 is 18.0 Å². The van der Waals surface area contributed by atoms with Gasteiger partial charge in [-0.25, -0.2) is 4.79 Å². The van der Waals surface area contributed by atoms with Crippen molar-refractivity contribution in [2.24, 2.45) is 11.0 Å². The molecule has 2 aliphatic heterocycles. The Balaban J connectivity index is 1.99. The van der Waals surface area contributed by atoms with Gasteiger partial charge in [-0.3, -0.25) is 10.2 Å². The van der Waals surface area contributed by atoms with E-state index in [-0.39, 0.29) is 11.7 Å². The second kappa shape index (κ2) is 5.05. The van der Waals surface area contributed by atoms with Crippen LogP contribution in [0.25, 0.3) is 0 Å². The normalized spacial score (nSPS) is 28.8. The molecule has 1 unspecified atom stereocenters. The molecule has 1 saturated heterocycles. The average Bonchev–Trinajstić information content (AvgIpc) is 2.62. The van der Waals surface area contributed by atoms with E-state index in [1.54, 1.807) is 0 Å². The summed E-state index contributed by atoms with van der Waals surface area (Å²) < 4.78 is 0. The summed E-state index contributed by atoms with van der Waals surface area (Å²) in [7, 11) is 0. The molecular formula is C14H15N3O3. The fourth-order valence-electron chi connectivity index (χ4n) is 2.89. The largest absolute Gasteiger partial charge is 0.478 e. The van der Waals surface area contributed by atoms with Crippen molar-refractivity contribution in [1.82, 2.24) is 10.7 Å². The maximum absolute atomic E-state index is 12.4. The third-order valence-corrected chi connectivity index (χ3v) is 3.81. The van der Waals surface area contributed by atoms with Crippen LogP contribution in [0.4, 0.5) is 0 Å². The molecule has 20 heavy (non-hydrogen) atoms. The number of carboxylic acid groups (broad SMARTS) is 1. The van der Waals surface area contributed by atoms with E-state index in [9.17, 15) is 9.59 Å². The van der Waals surface area contributed by atoms with Crippen LogP contribution in [0.5, 0.6) is 0 Å². The summed E-state index contributed by atoms with van der Waals surface area (Å²) in [4.78, 5) is 22.9. The zero-order valence-electron chi connectivity index (χ0n) is 10.8. The SMILES string of the molecule is O=C(O)/C=C/C1=CC2=C3CNCCC3C(=O)[C@@H]2NN=C1. The number of fused-ring (bicyclic) bond motifs is 2. The number of hydrogen-bond donors (Lipinski definition) is 3. The molecule has 6 nitrogen and oxygen atoms in total. The van der Waals surface area contributed by atoms with Gasteiger partial charge in [0.1, 0.15) is 6.04 Å². The van der Waals surface area contributed by atoms with Crippen molar-refractivity contribution in [2.75, 3.05) is 13.1 Å². The van der Waals surface area contributed by atoms with Crippen LogP contribution < -0.4 is 10.7 Å². The molecule has 0 aromatic carbocycles. The first kappa shape index (κ1) is 12.8. The van der Waals surface area contributed by atoms with Crippen LogP contribution >= 0.6 is 0 Å². The molecule has 0 aromatic heterocycles. The lowest BCUT2D eigenvalue weighted by Crippen LogP contribution is -2.36. The van der Waals surface area contributed by atoms with E-state index in [0.717, 1.165) is 30.2 Å². The molecule has 1 fully saturated rings. The molecule has 0 saturated carbocycles. The van der Waals surface area contributed by atoms with Gasteiger partial charge in [0.15, 0.2) is 5.78 Å². The first-order valence-corrected chi connectivity index (χ1v) is 6.55. The summed E-state index contributed by atoms with van der Waals surface area (Å²) in [6.07, 6.45) is 6.75. The van der Waals surface area contributed by atoms with Gasteiger partial charge in [-0.05, 0) is 41.8 Å². The second-order valence-electron chi connectivity index (χ2n) is 5.04. The van der Waals surface area contributed by atoms with E-state index < -0.39 is 12.0 Å². The van der Waals surface area contributed by atoms with Gasteiger partial charge in [-0.1, -0.05) is 0 Å². The fourth-order valence-corrected chi connectivity index (χ4v) is 2.89. The molecule has 1 aliphatic carbocycles. The van der Waals surface area contributed by atoms with Crippen LogP contribution in [0.15, 0.2) is 40.0 Å². The molecule has 3 N–H and O–H groups in total. The molecule has 104 valence electrons. The van der Waals surface area contributed by atoms with Gasteiger partial charge in [0.2, 0.25) is 0 Å². The van der Waals surface area contributed by atoms with Crippen LogP contribution in [0.2, 0.25) is 0 Å². The smallest absolute Gasteiger partial charge is 0.328 e. The zero-order valence-corrected chi connectivity index (χ0v) is 10.8. The molecule has 3 rings (SSSR count). The minimum atomic E-state index is -1.01. The summed E-state index contributed by atoms with van der Waals surface area (Å²) in [6, 6.07) is -0.401. The van der Waals surface area contributed by atoms with Gasteiger partial charge in [-0.2, -0.15) is 5.10 Å². The summed E-state index contributed by atoms with van der Waals surface area (Å²) in [5.41, 5.74) is 5.57. The van der Waals surface area contributed by atoms with Crippen LogP contribution in [-0.4, -0.2) is 42.2 Å². The maximum Gasteiger partial charge on any atom is 0.328 e. The highest BCUT2D eigenvalue weighted by molar-refractivity contribution is 5.98. The lowest BCUT2D eigenvalue weighted by Gasteiger charge is -2.20. The second-order valence-corrected chi connectivity index (χ2v) is 5.04. The number of carbonyl (C=O) groups excluding carboxylic acids is 1. The summed E-state index contributed by atoms with van der Waals surface area (Å²) in [5.74, 6) is -0.878. The third kappa shape index (κ3) is 2.18. The number of piperidine rings is 1. The summed E-state index contributed by atoms with van der Waals surface area (Å²) in [6.45, 7) is 1.55. The van der Waals surface area contributed by atoms with Gasteiger partial charge in [0.25, 0.3) is 0 Å². The zero-order chi connectivity index (χ0) is 14.1. The van der Waals surface area contributed by atoms with Crippen molar-refractivity contribution < 1.29 is 14.7 Å². The Hall–Kier alpha value is -2.21. The van der Waals surface area contributed by atoms with Gasteiger partial charge in [0, 0.05) is 18.5 Å². The molecule has 0 radical (unpaired) electrons. The molecule has 0 spiro atoms. The molecule has 6 heteroatoms.